The van der Waals surface area contributed by atoms with E-state index in [0.717, 1.165) is 31.6 Å². The average molecular weight is 396 g/mol. The first-order valence-electron chi connectivity index (χ1n) is 10.6. The Morgan fingerprint density at radius 3 is 2.52 bits per heavy atom. The van der Waals surface area contributed by atoms with Gasteiger partial charge in [-0.1, -0.05) is 30.7 Å². The minimum absolute atomic E-state index is 0.0878. The van der Waals surface area contributed by atoms with E-state index in [1.807, 2.05) is 6.07 Å². The summed E-state index contributed by atoms with van der Waals surface area (Å²) in [6.07, 6.45) is 6.85. The lowest BCUT2D eigenvalue weighted by atomic mass is 10.0. The highest BCUT2D eigenvalue weighted by molar-refractivity contribution is 5.95. The first-order chi connectivity index (χ1) is 14.2. The smallest absolute Gasteiger partial charge is 0.290 e. The SMILES string of the molecule is O=C(NCc1ccccc1CN1CCCCC1)C1CCCN1C(=O)c1ccco1. The highest BCUT2D eigenvalue weighted by atomic mass is 16.3. The highest BCUT2D eigenvalue weighted by Crippen LogP contribution is 2.21. The Morgan fingerprint density at radius 1 is 0.966 bits per heavy atom. The van der Waals surface area contributed by atoms with Gasteiger partial charge in [-0.15, -0.1) is 0 Å². The van der Waals surface area contributed by atoms with Crippen LogP contribution in [0.3, 0.4) is 0 Å². The molecular weight excluding hydrogens is 366 g/mol. The van der Waals surface area contributed by atoms with Gasteiger partial charge in [0.2, 0.25) is 5.91 Å². The van der Waals surface area contributed by atoms with Crippen LogP contribution in [-0.4, -0.2) is 47.3 Å². The third-order valence-electron chi connectivity index (χ3n) is 5.96. The number of hydrogen-bond acceptors (Lipinski definition) is 4. The molecule has 2 saturated heterocycles. The number of carbonyl (C=O) groups is 2. The number of likely N-dealkylation sites (tertiary alicyclic amines) is 2. The number of piperidine rings is 1. The number of nitrogens with zero attached hydrogens (tertiary/aromatic N) is 2. The number of carbonyl (C=O) groups excluding carboxylic acids is 2. The zero-order valence-electron chi connectivity index (χ0n) is 16.8. The van der Waals surface area contributed by atoms with Crippen molar-refractivity contribution in [1.82, 2.24) is 15.1 Å². The first kappa shape index (κ1) is 19.7. The quantitative estimate of drug-likeness (QED) is 0.816. The molecule has 0 spiro atoms. The fraction of sp³-hybridized carbons (Fsp3) is 0.478. The van der Waals surface area contributed by atoms with E-state index in [0.29, 0.717) is 19.5 Å². The van der Waals surface area contributed by atoms with Gasteiger partial charge in [-0.3, -0.25) is 14.5 Å². The summed E-state index contributed by atoms with van der Waals surface area (Å²) >= 11 is 0. The van der Waals surface area contributed by atoms with Gasteiger partial charge in [0.25, 0.3) is 5.91 Å². The van der Waals surface area contributed by atoms with E-state index in [2.05, 4.69) is 28.4 Å². The lowest BCUT2D eigenvalue weighted by Crippen LogP contribution is -2.45. The molecule has 3 heterocycles. The van der Waals surface area contributed by atoms with Crippen molar-refractivity contribution in [3.63, 3.8) is 0 Å². The molecule has 2 amide bonds. The molecule has 154 valence electrons. The fourth-order valence-electron chi connectivity index (χ4n) is 4.37. The summed E-state index contributed by atoms with van der Waals surface area (Å²) in [7, 11) is 0. The lowest BCUT2D eigenvalue weighted by Gasteiger charge is -2.27. The monoisotopic (exact) mass is 395 g/mol. The largest absolute Gasteiger partial charge is 0.459 e. The van der Waals surface area contributed by atoms with Gasteiger partial charge in [-0.2, -0.15) is 0 Å². The molecule has 4 rings (SSSR count). The second-order valence-corrected chi connectivity index (χ2v) is 7.96. The summed E-state index contributed by atoms with van der Waals surface area (Å²) in [5.41, 5.74) is 2.41. The molecule has 0 aliphatic carbocycles. The van der Waals surface area contributed by atoms with E-state index in [1.165, 1.54) is 31.1 Å². The summed E-state index contributed by atoms with van der Waals surface area (Å²) in [6.45, 7) is 4.29. The molecule has 1 unspecified atom stereocenters. The van der Waals surface area contributed by atoms with Crippen molar-refractivity contribution in [3.05, 3.63) is 59.5 Å². The summed E-state index contributed by atoms with van der Waals surface area (Å²) in [6, 6.07) is 11.2. The van der Waals surface area contributed by atoms with Crippen LogP contribution >= 0.6 is 0 Å². The van der Waals surface area contributed by atoms with Crippen LogP contribution in [0.1, 0.15) is 53.8 Å². The molecule has 29 heavy (non-hydrogen) atoms. The van der Waals surface area contributed by atoms with Crippen LogP contribution in [-0.2, 0) is 17.9 Å². The van der Waals surface area contributed by atoms with Crippen LogP contribution in [0.5, 0.6) is 0 Å². The second kappa shape index (κ2) is 9.27. The maximum absolute atomic E-state index is 12.9. The minimum Gasteiger partial charge on any atom is -0.459 e. The van der Waals surface area contributed by atoms with Crippen LogP contribution in [0.25, 0.3) is 0 Å². The van der Waals surface area contributed by atoms with E-state index in [1.54, 1.807) is 17.0 Å². The predicted molar refractivity (Wildman–Crippen MR) is 110 cm³/mol. The van der Waals surface area contributed by atoms with Gasteiger partial charge in [0, 0.05) is 19.6 Å². The zero-order chi connectivity index (χ0) is 20.1. The number of amides is 2. The fourth-order valence-corrected chi connectivity index (χ4v) is 4.37. The number of furan rings is 1. The van der Waals surface area contributed by atoms with Crippen LogP contribution < -0.4 is 5.32 Å². The van der Waals surface area contributed by atoms with Crippen molar-refractivity contribution < 1.29 is 14.0 Å². The Morgan fingerprint density at radius 2 is 1.76 bits per heavy atom. The topological polar surface area (TPSA) is 65.8 Å². The number of nitrogens with one attached hydrogen (secondary N) is 1. The van der Waals surface area contributed by atoms with Gasteiger partial charge in [-0.25, -0.2) is 0 Å². The highest BCUT2D eigenvalue weighted by Gasteiger charge is 2.35. The number of rotatable bonds is 6. The van der Waals surface area contributed by atoms with E-state index in [9.17, 15) is 9.59 Å². The van der Waals surface area contributed by atoms with Crippen LogP contribution in [0.4, 0.5) is 0 Å². The van der Waals surface area contributed by atoms with Gasteiger partial charge < -0.3 is 14.6 Å². The molecule has 2 aromatic rings. The maximum Gasteiger partial charge on any atom is 0.290 e. The zero-order valence-corrected chi connectivity index (χ0v) is 16.8. The maximum atomic E-state index is 12.9. The van der Waals surface area contributed by atoms with Crippen LogP contribution in [0.15, 0.2) is 47.1 Å². The Kier molecular flexibility index (Phi) is 6.30. The molecule has 2 aliphatic heterocycles. The predicted octanol–water partition coefficient (Wildman–Crippen LogP) is 3.19. The van der Waals surface area contributed by atoms with E-state index >= 15 is 0 Å². The summed E-state index contributed by atoms with van der Waals surface area (Å²) < 4.78 is 5.23. The minimum atomic E-state index is -0.429. The molecule has 0 saturated carbocycles. The number of hydrogen-bond donors (Lipinski definition) is 1. The van der Waals surface area contributed by atoms with Crippen molar-refractivity contribution in [2.45, 2.75) is 51.2 Å². The van der Waals surface area contributed by atoms with Crippen molar-refractivity contribution in [2.24, 2.45) is 0 Å². The summed E-state index contributed by atoms with van der Waals surface area (Å²) in [5, 5.41) is 3.07. The molecule has 1 atom stereocenters. The molecule has 0 bridgehead atoms. The molecule has 0 radical (unpaired) electrons. The van der Waals surface area contributed by atoms with E-state index in [-0.39, 0.29) is 17.6 Å². The first-order valence-corrected chi connectivity index (χ1v) is 10.6. The van der Waals surface area contributed by atoms with E-state index < -0.39 is 6.04 Å². The summed E-state index contributed by atoms with van der Waals surface area (Å²) in [5.74, 6) is -0.00934. The molecule has 1 aromatic heterocycles. The molecule has 2 aliphatic rings. The van der Waals surface area contributed by atoms with Crippen LogP contribution in [0.2, 0.25) is 0 Å². The van der Waals surface area contributed by atoms with E-state index in [4.69, 9.17) is 4.42 Å². The standard InChI is InChI=1S/C23H29N3O3/c27-22(20-10-6-14-26(20)23(28)21-11-7-15-29-21)24-16-18-8-2-3-9-19(18)17-25-12-4-1-5-13-25/h2-3,7-9,11,15,20H,1,4-6,10,12-14,16-17H2,(H,24,27). The Hall–Kier alpha value is -2.60. The van der Waals surface area contributed by atoms with Gasteiger partial charge in [-0.05, 0) is 62.0 Å². The summed E-state index contributed by atoms with van der Waals surface area (Å²) in [4.78, 5) is 29.6. The Balaban J connectivity index is 1.37. The average Bonchev–Trinajstić information content (AvgIpc) is 3.45. The van der Waals surface area contributed by atoms with Crippen molar-refractivity contribution in [1.29, 1.82) is 0 Å². The van der Waals surface area contributed by atoms with Crippen molar-refractivity contribution in [3.8, 4) is 0 Å². The van der Waals surface area contributed by atoms with Gasteiger partial charge >= 0.3 is 0 Å². The van der Waals surface area contributed by atoms with Crippen molar-refractivity contribution in [2.75, 3.05) is 19.6 Å². The lowest BCUT2D eigenvalue weighted by molar-refractivity contribution is -0.125. The molecule has 1 N–H and O–H groups in total. The van der Waals surface area contributed by atoms with Gasteiger partial charge in [0.1, 0.15) is 6.04 Å². The Bertz CT molecular complexity index is 828. The van der Waals surface area contributed by atoms with Crippen molar-refractivity contribution >= 4 is 11.8 Å². The third kappa shape index (κ3) is 4.70. The second-order valence-electron chi connectivity index (χ2n) is 7.96. The molecule has 2 fully saturated rings. The Labute approximate surface area is 171 Å². The normalized spacial score (nSPS) is 20.0. The molecule has 6 nitrogen and oxygen atoms in total. The van der Waals surface area contributed by atoms with Gasteiger partial charge in [0.05, 0.1) is 6.26 Å². The molecule has 6 heteroatoms. The third-order valence-corrected chi connectivity index (χ3v) is 5.96. The number of benzene rings is 1. The molecular formula is C23H29N3O3. The van der Waals surface area contributed by atoms with Gasteiger partial charge in [0.15, 0.2) is 5.76 Å². The van der Waals surface area contributed by atoms with Crippen LogP contribution in [0, 0.1) is 0 Å². The molecule has 1 aromatic carbocycles.